The number of alkyl halides is 3. The fourth-order valence-electron chi connectivity index (χ4n) is 4.09. The fourth-order valence-corrected chi connectivity index (χ4v) is 4.09. The van der Waals surface area contributed by atoms with E-state index in [1.807, 2.05) is 61.0 Å². The molecule has 4 rings (SSSR count). The molecule has 0 saturated carbocycles. The Morgan fingerprint density at radius 3 is 2.33 bits per heavy atom. The van der Waals surface area contributed by atoms with Gasteiger partial charge in [-0.2, -0.15) is 13.2 Å². The second-order valence-corrected chi connectivity index (χ2v) is 8.50. The molecule has 1 aromatic heterocycles. The van der Waals surface area contributed by atoms with Crippen LogP contribution in [0.25, 0.3) is 0 Å². The van der Waals surface area contributed by atoms with E-state index in [-0.39, 0.29) is 5.82 Å². The van der Waals surface area contributed by atoms with Gasteiger partial charge in [0.15, 0.2) is 5.66 Å². The zero-order chi connectivity index (χ0) is 23.8. The molecule has 1 fully saturated rings. The van der Waals surface area contributed by atoms with Crippen molar-refractivity contribution in [2.24, 2.45) is 10.7 Å². The lowest BCUT2D eigenvalue weighted by molar-refractivity contribution is -0.137. The number of nitrogens with one attached hydrogen (secondary N) is 1. The molecule has 1 atom stereocenters. The molecule has 3 heterocycles. The Bertz CT molecular complexity index is 1060. The number of aliphatic imine (C=N–C) groups is 1. The van der Waals surface area contributed by atoms with Crippen molar-refractivity contribution in [3.8, 4) is 0 Å². The summed E-state index contributed by atoms with van der Waals surface area (Å²) in [4.78, 5) is 14.7. The van der Waals surface area contributed by atoms with Crippen LogP contribution >= 0.6 is 0 Å². The standard InChI is InChI=1S/C23H28F3N7/c1-16-6-8-17(9-7-16)31(3)22(2)15-19(27)29-21(30-22)33-13-11-32(12-14-33)20-18(23(24,25)26)5-4-10-28-20/h4-10,15H,11-14,27H2,1-3H3,(H,29,30). The van der Waals surface area contributed by atoms with Gasteiger partial charge in [0, 0.05) is 51.2 Å². The Kier molecular flexibility index (Phi) is 5.85. The Hall–Kier alpha value is -3.43. The van der Waals surface area contributed by atoms with Crippen molar-refractivity contribution in [1.82, 2.24) is 15.2 Å². The van der Waals surface area contributed by atoms with Crippen molar-refractivity contribution in [1.29, 1.82) is 0 Å². The molecule has 0 spiro atoms. The van der Waals surface area contributed by atoms with Crippen LogP contribution in [0.2, 0.25) is 0 Å². The smallest absolute Gasteiger partial charge is 0.385 e. The third-order valence-corrected chi connectivity index (χ3v) is 6.09. The van der Waals surface area contributed by atoms with E-state index in [0.717, 1.165) is 11.8 Å². The van der Waals surface area contributed by atoms with Crippen LogP contribution in [0.1, 0.15) is 18.1 Å². The van der Waals surface area contributed by atoms with E-state index in [1.54, 1.807) is 4.90 Å². The number of aromatic nitrogens is 1. The topological polar surface area (TPSA) is 73.0 Å². The molecule has 3 N–H and O–H groups in total. The summed E-state index contributed by atoms with van der Waals surface area (Å²) >= 11 is 0. The lowest BCUT2D eigenvalue weighted by atomic mass is 10.1. The van der Waals surface area contributed by atoms with Crippen LogP contribution in [0.3, 0.4) is 0 Å². The Labute approximate surface area is 191 Å². The maximum absolute atomic E-state index is 13.4. The first-order valence-electron chi connectivity index (χ1n) is 10.7. The highest BCUT2D eigenvalue weighted by Crippen LogP contribution is 2.35. The zero-order valence-corrected chi connectivity index (χ0v) is 18.9. The van der Waals surface area contributed by atoms with Gasteiger partial charge in [-0.05, 0) is 38.1 Å². The van der Waals surface area contributed by atoms with Crippen molar-refractivity contribution in [2.75, 3.05) is 43.0 Å². The van der Waals surface area contributed by atoms with Crippen LogP contribution < -0.4 is 20.9 Å². The van der Waals surface area contributed by atoms with Gasteiger partial charge in [-0.25, -0.2) is 9.98 Å². The molecule has 1 aromatic carbocycles. The number of benzene rings is 1. The molecule has 2 aromatic rings. The minimum Gasteiger partial charge on any atom is -0.385 e. The number of hydrogen-bond donors (Lipinski definition) is 2. The van der Waals surface area contributed by atoms with Gasteiger partial charge < -0.3 is 25.8 Å². The molecule has 2 aliphatic rings. The van der Waals surface area contributed by atoms with Crippen LogP contribution in [0.4, 0.5) is 24.7 Å². The van der Waals surface area contributed by atoms with E-state index in [1.165, 1.54) is 17.8 Å². The zero-order valence-electron chi connectivity index (χ0n) is 18.9. The fraction of sp³-hybridized carbons (Fsp3) is 0.391. The van der Waals surface area contributed by atoms with Crippen molar-refractivity contribution >= 4 is 17.5 Å². The summed E-state index contributed by atoms with van der Waals surface area (Å²) < 4.78 is 40.2. The molecule has 2 aliphatic heterocycles. The molecule has 0 aliphatic carbocycles. The first-order valence-corrected chi connectivity index (χ1v) is 10.7. The quantitative estimate of drug-likeness (QED) is 0.735. The molecule has 0 amide bonds. The number of piperazine rings is 1. The number of aryl methyl sites for hydroxylation is 1. The number of halogens is 3. The summed E-state index contributed by atoms with van der Waals surface area (Å²) in [7, 11) is 1.96. The van der Waals surface area contributed by atoms with Crippen LogP contribution in [0, 0.1) is 6.92 Å². The van der Waals surface area contributed by atoms with Gasteiger partial charge in [-0.3, -0.25) is 0 Å². The third kappa shape index (κ3) is 4.69. The van der Waals surface area contributed by atoms with Crippen molar-refractivity contribution in [3.63, 3.8) is 0 Å². The maximum Gasteiger partial charge on any atom is 0.419 e. The normalized spacial score (nSPS) is 21.3. The highest BCUT2D eigenvalue weighted by Gasteiger charge is 2.37. The van der Waals surface area contributed by atoms with Gasteiger partial charge in [0.1, 0.15) is 11.6 Å². The second-order valence-electron chi connectivity index (χ2n) is 8.50. The lowest BCUT2D eigenvalue weighted by Crippen LogP contribution is -2.57. The Balaban J connectivity index is 1.52. The molecule has 176 valence electrons. The van der Waals surface area contributed by atoms with Gasteiger partial charge in [0.2, 0.25) is 5.96 Å². The van der Waals surface area contributed by atoms with E-state index in [0.29, 0.717) is 38.0 Å². The van der Waals surface area contributed by atoms with Crippen LogP contribution in [-0.2, 0) is 6.18 Å². The first-order chi connectivity index (χ1) is 15.6. The van der Waals surface area contributed by atoms with Crippen LogP contribution in [-0.4, -0.2) is 54.7 Å². The Morgan fingerprint density at radius 1 is 1.06 bits per heavy atom. The second kappa shape index (κ2) is 8.49. The highest BCUT2D eigenvalue weighted by molar-refractivity contribution is 5.84. The van der Waals surface area contributed by atoms with Gasteiger partial charge in [0.25, 0.3) is 0 Å². The third-order valence-electron chi connectivity index (χ3n) is 6.09. The SMILES string of the molecule is Cc1ccc(N(C)C2(C)C=C(N)NC(N3CCN(c4ncccc4C(F)(F)F)CC3)=N2)cc1. The van der Waals surface area contributed by atoms with Crippen molar-refractivity contribution < 1.29 is 13.2 Å². The number of pyridine rings is 1. The number of nitrogens with two attached hydrogens (primary N) is 1. The molecule has 1 saturated heterocycles. The summed E-state index contributed by atoms with van der Waals surface area (Å²) in [5.41, 5.74) is 6.93. The van der Waals surface area contributed by atoms with E-state index in [4.69, 9.17) is 10.7 Å². The monoisotopic (exact) mass is 459 g/mol. The molecule has 7 nitrogen and oxygen atoms in total. The van der Waals surface area contributed by atoms with Gasteiger partial charge in [-0.15, -0.1) is 0 Å². The predicted molar refractivity (Wildman–Crippen MR) is 124 cm³/mol. The average molecular weight is 460 g/mol. The summed E-state index contributed by atoms with van der Waals surface area (Å²) in [6.07, 6.45) is -1.20. The van der Waals surface area contributed by atoms with Gasteiger partial charge in [0.05, 0.1) is 5.56 Å². The van der Waals surface area contributed by atoms with E-state index >= 15 is 0 Å². The predicted octanol–water partition coefficient (Wildman–Crippen LogP) is 3.14. The van der Waals surface area contributed by atoms with Crippen molar-refractivity contribution in [3.05, 3.63) is 65.6 Å². The summed E-state index contributed by atoms with van der Waals surface area (Å²) in [6.45, 7) is 5.74. The number of rotatable bonds is 3. The molecular weight excluding hydrogens is 431 g/mol. The van der Waals surface area contributed by atoms with Crippen LogP contribution in [0.15, 0.2) is 59.5 Å². The van der Waals surface area contributed by atoms with Gasteiger partial charge in [-0.1, -0.05) is 17.7 Å². The van der Waals surface area contributed by atoms with Gasteiger partial charge >= 0.3 is 6.18 Å². The average Bonchev–Trinajstić information content (AvgIpc) is 2.78. The molecule has 0 radical (unpaired) electrons. The highest BCUT2D eigenvalue weighted by atomic mass is 19.4. The number of anilines is 2. The molecule has 33 heavy (non-hydrogen) atoms. The van der Waals surface area contributed by atoms with E-state index in [2.05, 4.69) is 10.3 Å². The molecular formula is C23H28F3N7. The Morgan fingerprint density at radius 2 is 1.70 bits per heavy atom. The molecule has 0 bridgehead atoms. The van der Waals surface area contributed by atoms with E-state index in [9.17, 15) is 13.2 Å². The minimum atomic E-state index is -4.45. The molecule has 1 unspecified atom stereocenters. The largest absolute Gasteiger partial charge is 0.419 e. The first kappa shape index (κ1) is 22.8. The summed E-state index contributed by atoms with van der Waals surface area (Å²) in [5.74, 6) is 1.05. The maximum atomic E-state index is 13.4. The van der Waals surface area contributed by atoms with Crippen LogP contribution in [0.5, 0.6) is 0 Å². The summed E-state index contributed by atoms with van der Waals surface area (Å²) in [5, 5.41) is 3.12. The van der Waals surface area contributed by atoms with Crippen molar-refractivity contribution in [2.45, 2.75) is 25.7 Å². The summed E-state index contributed by atoms with van der Waals surface area (Å²) in [6, 6.07) is 10.5. The minimum absolute atomic E-state index is 0.0356. The lowest BCUT2D eigenvalue weighted by Gasteiger charge is -2.42. The number of hydrogen-bond acceptors (Lipinski definition) is 7. The number of nitrogens with zero attached hydrogens (tertiary/aromatic N) is 5. The van der Waals surface area contributed by atoms with E-state index < -0.39 is 17.4 Å². The number of likely N-dealkylation sites (N-methyl/N-ethyl adjacent to an activating group) is 1. The number of guanidine groups is 1. The molecule has 10 heteroatoms.